The summed E-state index contributed by atoms with van der Waals surface area (Å²) < 4.78 is 1.43. The number of carbonyl (C=O) groups is 2. The van der Waals surface area contributed by atoms with Crippen LogP contribution in [0, 0.1) is 6.92 Å². The predicted molar refractivity (Wildman–Crippen MR) is 72.2 cm³/mol. The van der Waals surface area contributed by atoms with Crippen molar-refractivity contribution in [3.63, 3.8) is 0 Å². The van der Waals surface area contributed by atoms with Crippen LogP contribution in [0.2, 0.25) is 0 Å². The molecular formula is C14H13NO5. The molecule has 0 bridgehead atoms. The molecule has 0 radical (unpaired) electrons. The number of fused-ring (bicyclic) bond motifs is 1. The van der Waals surface area contributed by atoms with Crippen LogP contribution in [0.4, 0.5) is 0 Å². The molecule has 0 saturated carbocycles. The Morgan fingerprint density at radius 2 is 1.90 bits per heavy atom. The Morgan fingerprint density at radius 3 is 2.45 bits per heavy atom. The average molecular weight is 275 g/mol. The van der Waals surface area contributed by atoms with Gasteiger partial charge in [0.2, 0.25) is 0 Å². The molecule has 0 aliphatic carbocycles. The van der Waals surface area contributed by atoms with E-state index in [2.05, 4.69) is 0 Å². The van der Waals surface area contributed by atoms with Crippen LogP contribution < -0.4 is 5.43 Å². The number of pyridine rings is 1. The second kappa shape index (κ2) is 4.80. The molecule has 6 nitrogen and oxygen atoms in total. The fourth-order valence-corrected chi connectivity index (χ4v) is 2.33. The number of benzene rings is 1. The Labute approximate surface area is 113 Å². The first-order chi connectivity index (χ1) is 9.32. The molecule has 0 aliphatic heterocycles. The Bertz CT molecular complexity index is 788. The first kappa shape index (κ1) is 13.8. The topological polar surface area (TPSA) is 96.6 Å². The van der Waals surface area contributed by atoms with Gasteiger partial charge in [-0.1, -0.05) is 6.07 Å². The van der Waals surface area contributed by atoms with Gasteiger partial charge in [0.1, 0.15) is 5.69 Å². The molecule has 1 heterocycles. The number of aromatic carboxylic acids is 1. The minimum atomic E-state index is -1.17. The van der Waals surface area contributed by atoms with Gasteiger partial charge in [0, 0.05) is 18.0 Å². The number of hydrogen-bond donors (Lipinski definition) is 2. The highest BCUT2D eigenvalue weighted by molar-refractivity contribution is 5.92. The number of carboxylic acid groups (broad SMARTS) is 2. The van der Waals surface area contributed by atoms with Crippen molar-refractivity contribution >= 4 is 22.8 Å². The third-order valence-corrected chi connectivity index (χ3v) is 3.26. The summed E-state index contributed by atoms with van der Waals surface area (Å²) >= 11 is 0. The SMILES string of the molecule is Cc1c(C(=O)O)n(C)c2ccc(CC(=O)O)cc2c1=O. The Balaban J connectivity index is 2.82. The van der Waals surface area contributed by atoms with Gasteiger partial charge in [0.15, 0.2) is 5.43 Å². The number of aromatic nitrogens is 1. The second-order valence-electron chi connectivity index (χ2n) is 4.59. The van der Waals surface area contributed by atoms with Gasteiger partial charge in [0.25, 0.3) is 0 Å². The molecule has 6 heteroatoms. The molecule has 0 aliphatic rings. The summed E-state index contributed by atoms with van der Waals surface area (Å²) in [6.07, 6.45) is -0.182. The number of hydrogen-bond acceptors (Lipinski definition) is 3. The lowest BCUT2D eigenvalue weighted by Gasteiger charge is -2.12. The van der Waals surface area contributed by atoms with Crippen LogP contribution in [0.1, 0.15) is 21.6 Å². The van der Waals surface area contributed by atoms with Crippen LogP contribution >= 0.6 is 0 Å². The maximum absolute atomic E-state index is 12.2. The van der Waals surface area contributed by atoms with E-state index in [1.54, 1.807) is 19.2 Å². The highest BCUT2D eigenvalue weighted by Crippen LogP contribution is 2.17. The van der Waals surface area contributed by atoms with Crippen molar-refractivity contribution < 1.29 is 19.8 Å². The summed E-state index contributed by atoms with van der Waals surface area (Å²) in [5.74, 6) is -2.15. The first-order valence-corrected chi connectivity index (χ1v) is 5.90. The summed E-state index contributed by atoms with van der Waals surface area (Å²) in [5.41, 5.74) is 0.660. The molecule has 2 rings (SSSR count). The van der Waals surface area contributed by atoms with Crippen LogP contribution in [-0.2, 0) is 18.3 Å². The predicted octanol–water partition coefficient (Wildman–Crippen LogP) is 1.17. The molecule has 1 aromatic carbocycles. The maximum atomic E-state index is 12.2. The standard InChI is InChI=1S/C14H13NO5/c1-7-12(14(19)20)15(2)10-4-3-8(6-11(16)17)5-9(10)13(7)18/h3-5H,6H2,1-2H3,(H,16,17)(H,19,20). The number of carboxylic acids is 2. The minimum absolute atomic E-state index is 0.0616. The molecule has 0 fully saturated rings. The van der Waals surface area contributed by atoms with E-state index in [9.17, 15) is 14.4 Å². The van der Waals surface area contributed by atoms with E-state index in [1.165, 1.54) is 17.6 Å². The van der Waals surface area contributed by atoms with Crippen molar-refractivity contribution in [3.8, 4) is 0 Å². The van der Waals surface area contributed by atoms with E-state index < -0.39 is 11.9 Å². The van der Waals surface area contributed by atoms with Crippen LogP contribution in [-0.4, -0.2) is 26.7 Å². The van der Waals surface area contributed by atoms with E-state index in [0.717, 1.165) is 0 Å². The van der Waals surface area contributed by atoms with Crippen molar-refractivity contribution in [2.75, 3.05) is 0 Å². The Hall–Kier alpha value is -2.63. The molecule has 0 saturated heterocycles. The fraction of sp³-hybridized carbons (Fsp3) is 0.214. The molecule has 20 heavy (non-hydrogen) atoms. The van der Waals surface area contributed by atoms with Crippen molar-refractivity contribution in [1.82, 2.24) is 4.57 Å². The fourth-order valence-electron chi connectivity index (χ4n) is 2.33. The van der Waals surface area contributed by atoms with Crippen LogP contribution in [0.15, 0.2) is 23.0 Å². The number of rotatable bonds is 3. The summed E-state index contributed by atoms with van der Waals surface area (Å²) in [4.78, 5) is 34.1. The number of aryl methyl sites for hydroxylation is 1. The Kier molecular flexibility index (Phi) is 3.31. The second-order valence-corrected chi connectivity index (χ2v) is 4.59. The summed E-state index contributed by atoms with van der Waals surface area (Å²) in [6, 6.07) is 4.65. The van der Waals surface area contributed by atoms with E-state index in [-0.39, 0.29) is 23.1 Å². The van der Waals surface area contributed by atoms with Crippen LogP contribution in [0.5, 0.6) is 0 Å². The lowest BCUT2D eigenvalue weighted by Crippen LogP contribution is -2.20. The van der Waals surface area contributed by atoms with Crippen molar-refractivity contribution in [3.05, 3.63) is 45.2 Å². The summed E-state index contributed by atoms with van der Waals surface area (Å²) in [6.45, 7) is 1.45. The van der Waals surface area contributed by atoms with Gasteiger partial charge in [-0.25, -0.2) is 4.79 Å². The monoisotopic (exact) mass is 275 g/mol. The molecule has 0 atom stereocenters. The van der Waals surface area contributed by atoms with E-state index >= 15 is 0 Å². The first-order valence-electron chi connectivity index (χ1n) is 5.90. The lowest BCUT2D eigenvalue weighted by atomic mass is 10.0. The van der Waals surface area contributed by atoms with Gasteiger partial charge in [-0.15, -0.1) is 0 Å². The van der Waals surface area contributed by atoms with Gasteiger partial charge in [-0.3, -0.25) is 9.59 Å². The zero-order valence-corrected chi connectivity index (χ0v) is 11.0. The average Bonchev–Trinajstić information content (AvgIpc) is 2.35. The van der Waals surface area contributed by atoms with Gasteiger partial charge in [0.05, 0.1) is 11.9 Å². The molecule has 104 valence electrons. The van der Waals surface area contributed by atoms with Crippen molar-refractivity contribution in [1.29, 1.82) is 0 Å². The zero-order valence-electron chi connectivity index (χ0n) is 11.0. The Morgan fingerprint density at radius 1 is 1.25 bits per heavy atom. The highest BCUT2D eigenvalue weighted by atomic mass is 16.4. The molecule has 0 amide bonds. The number of aliphatic carboxylic acids is 1. The summed E-state index contributed by atoms with van der Waals surface area (Å²) in [7, 11) is 1.56. The molecule has 0 spiro atoms. The van der Waals surface area contributed by atoms with Crippen LogP contribution in [0.3, 0.4) is 0 Å². The molecule has 1 aromatic heterocycles. The minimum Gasteiger partial charge on any atom is -0.481 e. The molecule has 0 unspecified atom stereocenters. The summed E-state index contributed by atoms with van der Waals surface area (Å²) in [5, 5.41) is 18.3. The van der Waals surface area contributed by atoms with Crippen LogP contribution in [0.25, 0.3) is 10.9 Å². The van der Waals surface area contributed by atoms with Gasteiger partial charge in [-0.05, 0) is 24.6 Å². The normalized spacial score (nSPS) is 10.7. The maximum Gasteiger partial charge on any atom is 0.352 e. The molecular weight excluding hydrogens is 262 g/mol. The van der Waals surface area contributed by atoms with Gasteiger partial charge in [-0.2, -0.15) is 0 Å². The van der Waals surface area contributed by atoms with Crippen molar-refractivity contribution in [2.24, 2.45) is 7.05 Å². The number of nitrogens with zero attached hydrogens (tertiary/aromatic N) is 1. The van der Waals surface area contributed by atoms with Gasteiger partial charge < -0.3 is 14.8 Å². The van der Waals surface area contributed by atoms with Crippen molar-refractivity contribution in [2.45, 2.75) is 13.3 Å². The van der Waals surface area contributed by atoms with Gasteiger partial charge >= 0.3 is 11.9 Å². The highest BCUT2D eigenvalue weighted by Gasteiger charge is 2.17. The smallest absolute Gasteiger partial charge is 0.352 e. The van der Waals surface area contributed by atoms with E-state index in [4.69, 9.17) is 10.2 Å². The van der Waals surface area contributed by atoms with E-state index in [1.807, 2.05) is 0 Å². The quantitative estimate of drug-likeness (QED) is 0.876. The lowest BCUT2D eigenvalue weighted by molar-refractivity contribution is -0.136. The molecule has 2 aromatic rings. The third kappa shape index (κ3) is 2.16. The molecule has 2 N–H and O–H groups in total. The largest absolute Gasteiger partial charge is 0.481 e. The van der Waals surface area contributed by atoms with E-state index in [0.29, 0.717) is 16.5 Å². The third-order valence-electron chi connectivity index (χ3n) is 3.26. The zero-order chi connectivity index (χ0) is 15.0.